The highest BCUT2D eigenvalue weighted by Gasteiger charge is 2.48. The number of nitrogens with zero attached hydrogens (tertiary/aromatic N) is 1. The summed E-state index contributed by atoms with van der Waals surface area (Å²) in [5.41, 5.74) is 1.30. The van der Waals surface area contributed by atoms with Gasteiger partial charge in [0.15, 0.2) is 6.23 Å². The molecular weight excluding hydrogens is 342 g/mol. The first-order valence-corrected chi connectivity index (χ1v) is 8.48. The van der Waals surface area contributed by atoms with E-state index in [9.17, 15) is 13.9 Å². The van der Waals surface area contributed by atoms with Gasteiger partial charge < -0.3 is 24.5 Å². The van der Waals surface area contributed by atoms with Gasteiger partial charge in [-0.3, -0.25) is 0 Å². The van der Waals surface area contributed by atoms with Crippen molar-refractivity contribution >= 4 is 11.0 Å². The predicted octanol–water partition coefficient (Wildman–Crippen LogP) is 2.80. The second kappa shape index (κ2) is 6.41. The van der Waals surface area contributed by atoms with Crippen molar-refractivity contribution in [3.05, 3.63) is 54.0 Å². The minimum Gasteiger partial charge on any atom is -0.489 e. The summed E-state index contributed by atoms with van der Waals surface area (Å²) >= 11 is 0. The second-order valence-electron chi connectivity index (χ2n) is 6.66. The van der Waals surface area contributed by atoms with Crippen molar-refractivity contribution in [2.45, 2.75) is 25.1 Å². The van der Waals surface area contributed by atoms with Gasteiger partial charge in [0.25, 0.3) is 5.92 Å². The number of hydrogen-bond donors (Lipinski definition) is 2. The van der Waals surface area contributed by atoms with E-state index >= 15 is 0 Å². The van der Waals surface area contributed by atoms with Crippen LogP contribution in [0.4, 0.5) is 8.78 Å². The summed E-state index contributed by atoms with van der Waals surface area (Å²) in [6, 6.07) is 6.29. The van der Waals surface area contributed by atoms with Crippen LogP contribution in [0.1, 0.15) is 5.76 Å². The molecule has 0 spiro atoms. The normalized spacial score (nSPS) is 24.9. The molecule has 7 heteroatoms. The molecule has 2 aliphatic heterocycles. The number of halogens is 2. The molecule has 138 valence electrons. The highest BCUT2D eigenvalue weighted by atomic mass is 19.3. The number of ether oxygens (including phenoxy) is 1. The summed E-state index contributed by atoms with van der Waals surface area (Å²) in [7, 11) is 0. The number of rotatable bonds is 4. The number of nitrogens with one attached hydrogen (secondary N) is 1. The van der Waals surface area contributed by atoms with E-state index in [0.29, 0.717) is 11.3 Å². The van der Waals surface area contributed by atoms with Crippen LogP contribution in [0.3, 0.4) is 0 Å². The maximum Gasteiger partial charge on any atom is 0.281 e. The SMILES string of the molecule is Cc1cc2cc(OCC3=CC=CN(C4CNCC4(F)F)C3O)ccc2o1. The van der Waals surface area contributed by atoms with Crippen molar-refractivity contribution in [2.24, 2.45) is 0 Å². The molecule has 2 aliphatic rings. The lowest BCUT2D eigenvalue weighted by molar-refractivity contribution is -0.0754. The Morgan fingerprint density at radius 1 is 1.38 bits per heavy atom. The molecule has 2 atom stereocenters. The van der Waals surface area contributed by atoms with Crippen molar-refractivity contribution in [2.75, 3.05) is 19.7 Å². The van der Waals surface area contributed by atoms with E-state index in [-0.39, 0.29) is 19.7 Å². The fraction of sp³-hybridized carbons (Fsp3) is 0.368. The highest BCUT2D eigenvalue weighted by molar-refractivity contribution is 5.79. The van der Waals surface area contributed by atoms with Crippen LogP contribution in [-0.4, -0.2) is 47.9 Å². The number of aliphatic hydroxyl groups excluding tert-OH is 1. The molecule has 5 nitrogen and oxygen atoms in total. The molecule has 0 aliphatic carbocycles. The fourth-order valence-corrected chi connectivity index (χ4v) is 3.40. The lowest BCUT2D eigenvalue weighted by Crippen LogP contribution is -2.50. The zero-order valence-electron chi connectivity index (χ0n) is 14.3. The number of hydrogen-bond acceptors (Lipinski definition) is 5. The second-order valence-corrected chi connectivity index (χ2v) is 6.66. The average Bonchev–Trinajstić information content (AvgIpc) is 3.14. The summed E-state index contributed by atoms with van der Waals surface area (Å²) in [5, 5.41) is 14.1. The molecule has 1 saturated heterocycles. The number of benzene rings is 1. The van der Waals surface area contributed by atoms with Crippen LogP contribution in [0.2, 0.25) is 0 Å². The number of aliphatic hydroxyl groups is 1. The molecule has 0 saturated carbocycles. The van der Waals surface area contributed by atoms with Crippen molar-refractivity contribution in [3.63, 3.8) is 0 Å². The zero-order valence-corrected chi connectivity index (χ0v) is 14.3. The van der Waals surface area contributed by atoms with Crippen molar-refractivity contribution in [3.8, 4) is 5.75 Å². The maximum atomic E-state index is 14.0. The molecule has 3 heterocycles. The van der Waals surface area contributed by atoms with Crippen LogP contribution in [-0.2, 0) is 0 Å². The molecule has 4 rings (SSSR count). The molecule has 2 aromatic rings. The standard InChI is InChI=1S/C19H20F2N2O3/c1-12-7-14-8-15(4-5-16(14)26-12)25-10-13-3-2-6-23(18(13)24)17-9-22-11-19(17,20)21/h2-8,17-18,22,24H,9-11H2,1H3. The third-order valence-corrected chi connectivity index (χ3v) is 4.74. The fourth-order valence-electron chi connectivity index (χ4n) is 3.40. The van der Waals surface area contributed by atoms with Gasteiger partial charge in [0.05, 0.1) is 6.54 Å². The maximum absolute atomic E-state index is 14.0. The molecule has 0 bridgehead atoms. The van der Waals surface area contributed by atoms with Gasteiger partial charge in [0.1, 0.15) is 29.7 Å². The Bertz CT molecular complexity index is 875. The number of alkyl halides is 2. The van der Waals surface area contributed by atoms with Gasteiger partial charge in [0.2, 0.25) is 0 Å². The van der Waals surface area contributed by atoms with E-state index in [1.165, 1.54) is 11.1 Å². The molecule has 2 unspecified atom stereocenters. The monoisotopic (exact) mass is 362 g/mol. The van der Waals surface area contributed by atoms with Crippen molar-refractivity contribution in [1.29, 1.82) is 0 Å². The summed E-state index contributed by atoms with van der Waals surface area (Å²) in [6.45, 7) is 1.72. The van der Waals surface area contributed by atoms with Crippen molar-refractivity contribution in [1.82, 2.24) is 10.2 Å². The van der Waals surface area contributed by atoms with Crippen LogP contribution >= 0.6 is 0 Å². The first kappa shape index (κ1) is 17.1. The smallest absolute Gasteiger partial charge is 0.281 e. The lowest BCUT2D eigenvalue weighted by Gasteiger charge is -2.37. The van der Waals surface area contributed by atoms with Crippen LogP contribution in [0.25, 0.3) is 11.0 Å². The average molecular weight is 362 g/mol. The van der Waals surface area contributed by atoms with E-state index in [2.05, 4.69) is 5.32 Å². The van der Waals surface area contributed by atoms with Crippen LogP contribution in [0.15, 0.2) is 52.6 Å². The van der Waals surface area contributed by atoms with E-state index in [1.807, 2.05) is 25.1 Å². The van der Waals surface area contributed by atoms with Gasteiger partial charge in [-0.25, -0.2) is 8.78 Å². The Balaban J connectivity index is 1.45. The quantitative estimate of drug-likeness (QED) is 0.876. The Labute approximate surface area is 149 Å². The molecule has 0 amide bonds. The first-order valence-electron chi connectivity index (χ1n) is 8.48. The summed E-state index contributed by atoms with van der Waals surface area (Å²) < 4.78 is 39.3. The topological polar surface area (TPSA) is 57.9 Å². The molecule has 1 aromatic carbocycles. The Morgan fingerprint density at radius 3 is 3.00 bits per heavy atom. The molecule has 0 radical (unpaired) electrons. The zero-order chi connectivity index (χ0) is 18.3. The van der Waals surface area contributed by atoms with Gasteiger partial charge in [-0.2, -0.15) is 0 Å². The van der Waals surface area contributed by atoms with Crippen LogP contribution in [0.5, 0.6) is 5.75 Å². The minimum absolute atomic E-state index is 0.107. The van der Waals surface area contributed by atoms with Gasteiger partial charge in [-0.05, 0) is 37.3 Å². The third kappa shape index (κ3) is 3.08. The molecule has 1 fully saturated rings. The molecule has 2 N–H and O–H groups in total. The number of aryl methyl sites for hydroxylation is 1. The highest BCUT2D eigenvalue weighted by Crippen LogP contribution is 2.31. The van der Waals surface area contributed by atoms with Crippen molar-refractivity contribution < 1.29 is 23.0 Å². The van der Waals surface area contributed by atoms with Gasteiger partial charge in [-0.1, -0.05) is 6.08 Å². The van der Waals surface area contributed by atoms with Crippen LogP contribution in [0, 0.1) is 6.92 Å². The van der Waals surface area contributed by atoms with E-state index < -0.39 is 18.2 Å². The van der Waals surface area contributed by atoms with Crippen LogP contribution < -0.4 is 10.1 Å². The molecule has 1 aromatic heterocycles. The Hall–Kier alpha value is -2.38. The number of allylic oxidation sites excluding steroid dienone is 2. The van der Waals surface area contributed by atoms with E-state index in [1.54, 1.807) is 18.2 Å². The van der Waals surface area contributed by atoms with E-state index in [4.69, 9.17) is 9.15 Å². The van der Waals surface area contributed by atoms with Gasteiger partial charge in [0, 0.05) is 23.7 Å². The Kier molecular flexibility index (Phi) is 4.20. The number of furan rings is 1. The minimum atomic E-state index is -2.89. The molecule has 26 heavy (non-hydrogen) atoms. The first-order chi connectivity index (χ1) is 12.4. The third-order valence-electron chi connectivity index (χ3n) is 4.74. The summed E-state index contributed by atoms with van der Waals surface area (Å²) in [5.74, 6) is -1.45. The van der Waals surface area contributed by atoms with E-state index in [0.717, 1.165) is 16.7 Å². The molecular formula is C19H20F2N2O3. The van der Waals surface area contributed by atoms with Gasteiger partial charge >= 0.3 is 0 Å². The summed E-state index contributed by atoms with van der Waals surface area (Å²) in [4.78, 5) is 1.29. The summed E-state index contributed by atoms with van der Waals surface area (Å²) in [6.07, 6.45) is 3.71. The predicted molar refractivity (Wildman–Crippen MR) is 93.1 cm³/mol. The lowest BCUT2D eigenvalue weighted by atomic mass is 10.1. The van der Waals surface area contributed by atoms with Gasteiger partial charge in [-0.15, -0.1) is 0 Å². The number of fused-ring (bicyclic) bond motifs is 1. The Morgan fingerprint density at radius 2 is 2.23 bits per heavy atom. The largest absolute Gasteiger partial charge is 0.489 e.